The van der Waals surface area contributed by atoms with Gasteiger partial charge in [0, 0.05) is 10.6 Å². The van der Waals surface area contributed by atoms with Gasteiger partial charge in [-0.25, -0.2) is 0 Å². The number of hydrogen-bond donors (Lipinski definition) is 2. The van der Waals surface area contributed by atoms with E-state index >= 15 is 0 Å². The van der Waals surface area contributed by atoms with Crippen molar-refractivity contribution in [2.45, 2.75) is 23.3 Å². The second-order valence-corrected chi connectivity index (χ2v) is 4.72. The average molecular weight is 222 g/mol. The lowest BCUT2D eigenvalue weighted by molar-refractivity contribution is -0.118. The lowest BCUT2D eigenvalue weighted by Gasteiger charge is -2.10. The van der Waals surface area contributed by atoms with Gasteiger partial charge >= 0.3 is 0 Å². The van der Waals surface area contributed by atoms with E-state index in [4.69, 9.17) is 5.73 Å². The number of nitrogens with one attached hydrogen (secondary N) is 1. The average Bonchev–Trinajstić information content (AvgIpc) is 2.98. The summed E-state index contributed by atoms with van der Waals surface area (Å²) >= 11 is 1.65. The number of benzene rings is 1. The molecular formula is C11H14N2OS. The van der Waals surface area contributed by atoms with Crippen molar-refractivity contribution in [3.63, 3.8) is 0 Å². The highest BCUT2D eigenvalue weighted by Gasteiger charge is 2.45. The van der Waals surface area contributed by atoms with Gasteiger partial charge in [0.2, 0.25) is 5.91 Å². The fourth-order valence-corrected chi connectivity index (χ4v) is 1.78. The maximum atomic E-state index is 11.7. The first-order valence-corrected chi connectivity index (χ1v) is 6.11. The number of rotatable bonds is 3. The fourth-order valence-electron chi connectivity index (χ4n) is 1.32. The van der Waals surface area contributed by atoms with E-state index in [0.29, 0.717) is 0 Å². The van der Waals surface area contributed by atoms with Crippen LogP contribution in [-0.2, 0) is 4.79 Å². The lowest BCUT2D eigenvalue weighted by atomic mass is 10.2. The maximum absolute atomic E-state index is 11.7. The van der Waals surface area contributed by atoms with E-state index in [-0.39, 0.29) is 5.91 Å². The highest BCUT2D eigenvalue weighted by molar-refractivity contribution is 7.98. The Morgan fingerprint density at radius 3 is 2.87 bits per heavy atom. The van der Waals surface area contributed by atoms with E-state index in [1.807, 2.05) is 30.5 Å². The number of anilines is 1. The zero-order valence-electron chi connectivity index (χ0n) is 8.62. The summed E-state index contributed by atoms with van der Waals surface area (Å²) in [6.45, 7) is 0. The molecule has 1 aliphatic carbocycles. The van der Waals surface area contributed by atoms with E-state index in [2.05, 4.69) is 5.32 Å². The van der Waals surface area contributed by atoms with Crippen LogP contribution in [0.25, 0.3) is 0 Å². The van der Waals surface area contributed by atoms with Gasteiger partial charge in [0.15, 0.2) is 0 Å². The Bertz CT molecular complexity index is 388. The summed E-state index contributed by atoms with van der Waals surface area (Å²) in [6.07, 6.45) is 3.59. The van der Waals surface area contributed by atoms with Gasteiger partial charge in [0.25, 0.3) is 0 Å². The quantitative estimate of drug-likeness (QED) is 0.767. The molecule has 0 spiro atoms. The molecule has 0 aliphatic heterocycles. The molecule has 80 valence electrons. The topological polar surface area (TPSA) is 55.1 Å². The molecule has 1 aromatic rings. The van der Waals surface area contributed by atoms with Crippen LogP contribution < -0.4 is 11.1 Å². The van der Waals surface area contributed by atoms with Crippen LogP contribution in [0.15, 0.2) is 29.2 Å². The monoisotopic (exact) mass is 222 g/mol. The van der Waals surface area contributed by atoms with Gasteiger partial charge in [-0.2, -0.15) is 0 Å². The molecule has 0 saturated heterocycles. The van der Waals surface area contributed by atoms with Gasteiger partial charge in [-0.1, -0.05) is 6.07 Å². The van der Waals surface area contributed by atoms with Crippen LogP contribution in [0.2, 0.25) is 0 Å². The Morgan fingerprint density at radius 1 is 1.53 bits per heavy atom. The number of carbonyl (C=O) groups is 1. The molecule has 2 rings (SSSR count). The van der Waals surface area contributed by atoms with Crippen molar-refractivity contribution in [3.05, 3.63) is 24.3 Å². The summed E-state index contributed by atoms with van der Waals surface area (Å²) in [5.74, 6) is -0.0687. The van der Waals surface area contributed by atoms with Crippen molar-refractivity contribution in [3.8, 4) is 0 Å². The lowest BCUT2D eigenvalue weighted by Crippen LogP contribution is -2.37. The van der Waals surface area contributed by atoms with E-state index < -0.39 is 5.54 Å². The zero-order chi connectivity index (χ0) is 10.9. The van der Waals surface area contributed by atoms with Crippen molar-refractivity contribution >= 4 is 23.4 Å². The number of carbonyl (C=O) groups excluding carboxylic acids is 1. The number of thioether (sulfide) groups is 1. The predicted octanol–water partition coefficient (Wildman–Crippen LogP) is 1.84. The van der Waals surface area contributed by atoms with Crippen molar-refractivity contribution < 1.29 is 4.79 Å². The van der Waals surface area contributed by atoms with Crippen molar-refractivity contribution in [1.29, 1.82) is 0 Å². The molecule has 0 atom stereocenters. The standard InChI is InChI=1S/C11H14N2OS/c1-15-9-4-2-3-8(7-9)13-10(14)11(12)5-6-11/h2-4,7H,5-6,12H2,1H3,(H,13,14). The molecule has 15 heavy (non-hydrogen) atoms. The highest BCUT2D eigenvalue weighted by Crippen LogP contribution is 2.33. The van der Waals surface area contributed by atoms with Crippen molar-refractivity contribution in [1.82, 2.24) is 0 Å². The third kappa shape index (κ3) is 2.33. The molecule has 3 nitrogen and oxygen atoms in total. The fraction of sp³-hybridized carbons (Fsp3) is 0.364. The molecule has 0 aromatic heterocycles. The van der Waals surface area contributed by atoms with Crippen LogP contribution in [0.3, 0.4) is 0 Å². The Kier molecular flexibility index (Phi) is 2.71. The van der Waals surface area contributed by atoms with Gasteiger partial charge in [0.1, 0.15) is 0 Å². The first-order valence-electron chi connectivity index (χ1n) is 4.88. The van der Waals surface area contributed by atoms with E-state index in [1.165, 1.54) is 0 Å². The van der Waals surface area contributed by atoms with Crippen molar-refractivity contribution in [2.75, 3.05) is 11.6 Å². The van der Waals surface area contributed by atoms with Crippen molar-refractivity contribution in [2.24, 2.45) is 5.73 Å². The smallest absolute Gasteiger partial charge is 0.244 e. The van der Waals surface area contributed by atoms with Gasteiger partial charge in [0.05, 0.1) is 5.54 Å². The molecular weight excluding hydrogens is 208 g/mol. The minimum atomic E-state index is -0.602. The van der Waals surface area contributed by atoms with Gasteiger partial charge in [-0.15, -0.1) is 11.8 Å². The highest BCUT2D eigenvalue weighted by atomic mass is 32.2. The van der Waals surface area contributed by atoms with Crippen LogP contribution in [0.1, 0.15) is 12.8 Å². The number of amides is 1. The van der Waals surface area contributed by atoms with Gasteiger partial charge < -0.3 is 11.1 Å². The zero-order valence-corrected chi connectivity index (χ0v) is 9.43. The van der Waals surface area contributed by atoms with E-state index in [9.17, 15) is 4.79 Å². The van der Waals surface area contributed by atoms with E-state index in [0.717, 1.165) is 23.4 Å². The second kappa shape index (κ2) is 3.87. The van der Waals surface area contributed by atoms with Crippen LogP contribution in [0.5, 0.6) is 0 Å². The third-order valence-corrected chi connectivity index (χ3v) is 3.29. The Morgan fingerprint density at radius 2 is 2.27 bits per heavy atom. The summed E-state index contributed by atoms with van der Waals surface area (Å²) in [7, 11) is 0. The molecule has 3 N–H and O–H groups in total. The maximum Gasteiger partial charge on any atom is 0.244 e. The Hall–Kier alpha value is -1.00. The van der Waals surface area contributed by atoms with Gasteiger partial charge in [-0.3, -0.25) is 4.79 Å². The minimum absolute atomic E-state index is 0.0687. The first kappa shape index (κ1) is 10.5. The molecule has 0 bridgehead atoms. The van der Waals surface area contributed by atoms with Crippen LogP contribution in [-0.4, -0.2) is 17.7 Å². The minimum Gasteiger partial charge on any atom is -0.324 e. The summed E-state index contributed by atoms with van der Waals surface area (Å²) in [4.78, 5) is 12.8. The Labute approximate surface area is 93.4 Å². The summed E-state index contributed by atoms with van der Waals surface area (Å²) in [5, 5.41) is 2.84. The van der Waals surface area contributed by atoms with Crippen LogP contribution >= 0.6 is 11.8 Å². The molecule has 0 heterocycles. The van der Waals surface area contributed by atoms with Gasteiger partial charge in [-0.05, 0) is 37.3 Å². The second-order valence-electron chi connectivity index (χ2n) is 3.84. The Balaban J connectivity index is 2.07. The van der Waals surface area contributed by atoms with Crippen LogP contribution in [0, 0.1) is 0 Å². The SMILES string of the molecule is CSc1cccc(NC(=O)C2(N)CC2)c1. The normalized spacial score (nSPS) is 17.2. The molecule has 1 fully saturated rings. The summed E-state index contributed by atoms with van der Waals surface area (Å²) < 4.78 is 0. The third-order valence-electron chi connectivity index (χ3n) is 2.57. The predicted molar refractivity (Wildman–Crippen MR) is 63.0 cm³/mol. The molecule has 0 unspecified atom stereocenters. The largest absolute Gasteiger partial charge is 0.324 e. The van der Waals surface area contributed by atoms with Crippen LogP contribution in [0.4, 0.5) is 5.69 Å². The molecule has 1 saturated carbocycles. The molecule has 4 heteroatoms. The summed E-state index contributed by atoms with van der Waals surface area (Å²) in [6, 6.07) is 7.77. The molecule has 1 aliphatic rings. The summed E-state index contributed by atoms with van der Waals surface area (Å²) in [5.41, 5.74) is 6.01. The first-order chi connectivity index (χ1) is 7.14. The number of hydrogen-bond acceptors (Lipinski definition) is 3. The number of nitrogens with two attached hydrogens (primary N) is 1. The molecule has 1 amide bonds. The van der Waals surface area contributed by atoms with E-state index in [1.54, 1.807) is 11.8 Å². The molecule has 0 radical (unpaired) electrons. The molecule has 1 aromatic carbocycles.